The first kappa shape index (κ1) is 18.1. The Morgan fingerprint density at radius 2 is 2.00 bits per heavy atom. The summed E-state index contributed by atoms with van der Waals surface area (Å²) in [5.74, 6) is 0.175. The van der Waals surface area contributed by atoms with E-state index in [2.05, 4.69) is 15.6 Å². The van der Waals surface area contributed by atoms with Crippen LogP contribution in [-0.2, 0) is 11.0 Å². The van der Waals surface area contributed by atoms with Crippen molar-refractivity contribution in [1.29, 1.82) is 0 Å². The van der Waals surface area contributed by atoms with Crippen LogP contribution >= 0.6 is 11.6 Å². The molecule has 0 radical (unpaired) electrons. The van der Waals surface area contributed by atoms with Crippen LogP contribution in [0, 0.1) is 0 Å². The monoisotopic (exact) mass is 357 g/mol. The van der Waals surface area contributed by atoms with Gasteiger partial charge in [-0.05, 0) is 36.8 Å². The van der Waals surface area contributed by atoms with Crippen molar-refractivity contribution >= 4 is 34.7 Å². The van der Waals surface area contributed by atoms with Crippen LogP contribution in [0.2, 0.25) is 5.02 Å². The first-order valence-electron chi connectivity index (χ1n) is 7.19. The minimum atomic E-state index is -4.53. The van der Waals surface area contributed by atoms with E-state index in [9.17, 15) is 18.0 Å². The summed E-state index contributed by atoms with van der Waals surface area (Å²) >= 11 is 5.64. The van der Waals surface area contributed by atoms with Gasteiger partial charge in [0.05, 0.1) is 23.1 Å². The number of aromatic nitrogens is 1. The van der Waals surface area contributed by atoms with Crippen molar-refractivity contribution in [3.63, 3.8) is 0 Å². The fraction of sp³-hybridized carbons (Fsp3) is 0.250. The Morgan fingerprint density at radius 3 is 2.58 bits per heavy atom. The minimum Gasteiger partial charge on any atom is -0.354 e. The van der Waals surface area contributed by atoms with E-state index in [4.69, 9.17) is 11.6 Å². The van der Waals surface area contributed by atoms with Gasteiger partial charge >= 0.3 is 6.18 Å². The van der Waals surface area contributed by atoms with E-state index >= 15 is 0 Å². The number of halogens is 4. The van der Waals surface area contributed by atoms with Gasteiger partial charge in [-0.25, -0.2) is 4.98 Å². The summed E-state index contributed by atoms with van der Waals surface area (Å²) in [4.78, 5) is 15.5. The third-order valence-corrected chi connectivity index (χ3v) is 3.31. The lowest BCUT2D eigenvalue weighted by Crippen LogP contribution is -2.12. The van der Waals surface area contributed by atoms with Crippen LogP contribution in [0.5, 0.6) is 0 Å². The fourth-order valence-corrected chi connectivity index (χ4v) is 2.16. The Morgan fingerprint density at radius 1 is 1.25 bits per heavy atom. The highest BCUT2D eigenvalue weighted by atomic mass is 35.5. The van der Waals surface area contributed by atoms with Crippen molar-refractivity contribution in [2.75, 3.05) is 10.6 Å². The molecule has 0 unspecified atom stereocenters. The number of nitrogens with one attached hydrogen (secondary N) is 2. The molecule has 2 rings (SSSR count). The summed E-state index contributed by atoms with van der Waals surface area (Å²) in [6, 6.07) is 6.52. The minimum absolute atomic E-state index is 0.0000144. The lowest BCUT2D eigenvalue weighted by Gasteiger charge is -2.15. The smallest absolute Gasteiger partial charge is 0.354 e. The number of carbonyl (C=O) groups is 1. The number of anilines is 3. The summed E-state index contributed by atoms with van der Waals surface area (Å²) in [5, 5.41) is 5.26. The van der Waals surface area contributed by atoms with Gasteiger partial charge in [0.15, 0.2) is 0 Å². The zero-order valence-corrected chi connectivity index (χ0v) is 13.5. The Hall–Kier alpha value is -2.28. The Kier molecular flexibility index (Phi) is 5.66. The van der Waals surface area contributed by atoms with Crippen LogP contribution in [0.15, 0.2) is 36.5 Å². The van der Waals surface area contributed by atoms with Gasteiger partial charge in [-0.2, -0.15) is 13.2 Å². The second kappa shape index (κ2) is 7.53. The highest BCUT2D eigenvalue weighted by Gasteiger charge is 2.33. The van der Waals surface area contributed by atoms with Gasteiger partial charge in [0, 0.05) is 11.4 Å². The highest BCUT2D eigenvalue weighted by molar-refractivity contribution is 6.30. The van der Waals surface area contributed by atoms with Crippen molar-refractivity contribution in [2.45, 2.75) is 25.9 Å². The van der Waals surface area contributed by atoms with Crippen LogP contribution in [0.1, 0.15) is 25.3 Å². The van der Waals surface area contributed by atoms with Crippen LogP contribution < -0.4 is 10.6 Å². The van der Waals surface area contributed by atoms with Crippen molar-refractivity contribution < 1.29 is 18.0 Å². The summed E-state index contributed by atoms with van der Waals surface area (Å²) in [5.41, 5.74) is -0.636. The maximum absolute atomic E-state index is 13.0. The summed E-state index contributed by atoms with van der Waals surface area (Å²) in [6.07, 6.45) is -2.10. The molecule has 4 nitrogen and oxygen atoms in total. The molecule has 2 aromatic rings. The van der Waals surface area contributed by atoms with E-state index in [1.54, 1.807) is 0 Å². The number of nitrogens with zero attached hydrogens (tertiary/aromatic N) is 1. The van der Waals surface area contributed by atoms with Gasteiger partial charge in [0.25, 0.3) is 0 Å². The predicted octanol–water partition coefficient (Wildman–Crippen LogP) is 5.24. The van der Waals surface area contributed by atoms with Crippen molar-refractivity contribution in [1.82, 2.24) is 4.98 Å². The SMILES string of the molecule is CCCC(=O)Nc1ccc(Nc2ccc(Cl)cc2C(F)(F)F)cn1. The van der Waals surface area contributed by atoms with Gasteiger partial charge in [-0.3, -0.25) is 4.79 Å². The lowest BCUT2D eigenvalue weighted by atomic mass is 10.1. The fourth-order valence-electron chi connectivity index (χ4n) is 1.99. The van der Waals surface area contributed by atoms with Gasteiger partial charge in [-0.15, -0.1) is 0 Å². The van der Waals surface area contributed by atoms with Crippen molar-refractivity contribution in [2.24, 2.45) is 0 Å². The molecule has 0 atom stereocenters. The topological polar surface area (TPSA) is 54.0 Å². The first-order chi connectivity index (χ1) is 11.3. The molecule has 0 fully saturated rings. The predicted molar refractivity (Wildman–Crippen MR) is 87.5 cm³/mol. The van der Waals surface area contributed by atoms with E-state index < -0.39 is 11.7 Å². The number of rotatable bonds is 5. The molecule has 0 saturated heterocycles. The molecule has 1 amide bonds. The number of pyridine rings is 1. The number of hydrogen-bond acceptors (Lipinski definition) is 3. The Labute approximate surface area is 142 Å². The van der Waals surface area contributed by atoms with E-state index in [0.717, 1.165) is 6.07 Å². The summed E-state index contributed by atoms with van der Waals surface area (Å²) in [6.45, 7) is 1.88. The van der Waals surface area contributed by atoms with Crippen molar-refractivity contribution in [3.05, 3.63) is 47.1 Å². The maximum Gasteiger partial charge on any atom is 0.418 e. The number of alkyl halides is 3. The molecule has 0 aliphatic carbocycles. The molecule has 0 spiro atoms. The van der Waals surface area contributed by atoms with Gasteiger partial charge in [0.1, 0.15) is 5.82 Å². The average molecular weight is 358 g/mol. The zero-order chi connectivity index (χ0) is 17.7. The highest BCUT2D eigenvalue weighted by Crippen LogP contribution is 2.37. The number of carbonyl (C=O) groups excluding carboxylic acids is 1. The van der Waals surface area contributed by atoms with Gasteiger partial charge in [0.2, 0.25) is 5.91 Å². The van der Waals surface area contributed by atoms with E-state index in [1.807, 2.05) is 6.92 Å². The molecule has 24 heavy (non-hydrogen) atoms. The van der Waals surface area contributed by atoms with Crippen LogP contribution in [0.25, 0.3) is 0 Å². The lowest BCUT2D eigenvalue weighted by molar-refractivity contribution is -0.136. The molecule has 128 valence electrons. The normalized spacial score (nSPS) is 11.2. The quantitative estimate of drug-likeness (QED) is 0.769. The standard InChI is InChI=1S/C16H15ClF3N3O/c1-2-3-15(24)23-14-7-5-11(9-21-14)22-13-6-4-10(17)8-12(13)16(18,19)20/h4-9,22H,2-3H2,1H3,(H,21,23,24). The average Bonchev–Trinajstić information content (AvgIpc) is 2.50. The molecule has 0 saturated carbocycles. The summed E-state index contributed by atoms with van der Waals surface area (Å²) < 4.78 is 39.1. The Balaban J connectivity index is 2.16. The van der Waals surface area contributed by atoms with E-state index in [-0.39, 0.29) is 16.6 Å². The maximum atomic E-state index is 13.0. The first-order valence-corrected chi connectivity index (χ1v) is 7.57. The zero-order valence-electron chi connectivity index (χ0n) is 12.7. The molecule has 1 heterocycles. The number of amides is 1. The molecule has 2 N–H and O–H groups in total. The second-order valence-corrected chi connectivity index (χ2v) is 5.48. The van der Waals surface area contributed by atoms with Crippen LogP contribution in [0.3, 0.4) is 0 Å². The molecule has 1 aromatic carbocycles. The van der Waals surface area contributed by atoms with Crippen LogP contribution in [-0.4, -0.2) is 10.9 Å². The number of benzene rings is 1. The molecule has 1 aromatic heterocycles. The van der Waals surface area contributed by atoms with Crippen molar-refractivity contribution in [3.8, 4) is 0 Å². The third kappa shape index (κ3) is 4.86. The van der Waals surface area contributed by atoms with Gasteiger partial charge < -0.3 is 10.6 Å². The van der Waals surface area contributed by atoms with E-state index in [0.29, 0.717) is 24.3 Å². The second-order valence-electron chi connectivity index (χ2n) is 5.04. The molecule has 8 heteroatoms. The molecular weight excluding hydrogens is 343 g/mol. The molecule has 0 bridgehead atoms. The molecular formula is C16H15ClF3N3O. The Bertz CT molecular complexity index is 717. The number of hydrogen-bond donors (Lipinski definition) is 2. The third-order valence-electron chi connectivity index (χ3n) is 3.07. The van der Waals surface area contributed by atoms with Crippen LogP contribution in [0.4, 0.5) is 30.4 Å². The molecule has 0 aliphatic rings. The molecule has 0 aliphatic heterocycles. The largest absolute Gasteiger partial charge is 0.418 e. The van der Waals surface area contributed by atoms with Gasteiger partial charge in [-0.1, -0.05) is 18.5 Å². The summed E-state index contributed by atoms with van der Waals surface area (Å²) in [7, 11) is 0. The van der Waals surface area contributed by atoms with E-state index in [1.165, 1.54) is 30.5 Å².